The molecule has 0 amide bonds. The first-order chi connectivity index (χ1) is 49.1. The molecule has 4 unspecified atom stereocenters. The van der Waals surface area contributed by atoms with Crippen LogP contribution in [0, 0.1) is 23.7 Å². The number of unbranched alkanes of at least 4 members (excludes halogenated alkanes) is 45. The van der Waals surface area contributed by atoms with Gasteiger partial charge in [0.15, 0.2) is 12.2 Å². The SMILES string of the molecule is CCC(C)CCCCCCCCCCCCCCCCC(=O)O[C@H](COC(=O)CCCCCCCCCCCCCCCC(C)C)COP(=O)(O)OCC(O)COP(=O)(O)OC[C@@H](COC(=O)CCCCCCCCC(C)C)OC(=O)CCCCCCCCCCCCCCCCCCC(C)C. The van der Waals surface area contributed by atoms with Crippen LogP contribution in [0.5, 0.6) is 0 Å². The van der Waals surface area contributed by atoms with Crippen molar-refractivity contribution in [1.29, 1.82) is 0 Å². The molecule has 606 valence electrons. The highest BCUT2D eigenvalue weighted by Gasteiger charge is 2.30. The number of aliphatic hydroxyl groups is 1. The average Bonchev–Trinajstić information content (AvgIpc) is 0.912. The minimum atomic E-state index is -4.96. The Morgan fingerprint density at radius 3 is 0.696 bits per heavy atom. The third-order valence-corrected chi connectivity index (χ3v) is 21.6. The summed E-state index contributed by atoms with van der Waals surface area (Å²) >= 11 is 0. The quantitative estimate of drug-likeness (QED) is 0.0222. The van der Waals surface area contributed by atoms with Crippen molar-refractivity contribution in [2.24, 2.45) is 23.7 Å². The third-order valence-electron chi connectivity index (χ3n) is 19.7. The van der Waals surface area contributed by atoms with Crippen LogP contribution >= 0.6 is 15.6 Å². The summed E-state index contributed by atoms with van der Waals surface area (Å²) in [6, 6.07) is 0. The van der Waals surface area contributed by atoms with Crippen LogP contribution in [0.1, 0.15) is 428 Å². The Morgan fingerprint density at radius 2 is 0.471 bits per heavy atom. The van der Waals surface area contributed by atoms with Gasteiger partial charge in [0, 0.05) is 25.7 Å². The molecule has 0 fully saturated rings. The molecule has 0 aliphatic carbocycles. The maximum Gasteiger partial charge on any atom is 0.472 e. The van der Waals surface area contributed by atoms with Crippen LogP contribution < -0.4 is 0 Å². The molecule has 0 aliphatic heterocycles. The summed E-state index contributed by atoms with van der Waals surface area (Å²) in [5, 5.41) is 10.7. The Balaban J connectivity index is 5.22. The van der Waals surface area contributed by atoms with E-state index >= 15 is 0 Å². The van der Waals surface area contributed by atoms with Crippen LogP contribution in [0.2, 0.25) is 0 Å². The lowest BCUT2D eigenvalue weighted by molar-refractivity contribution is -0.161. The van der Waals surface area contributed by atoms with Crippen molar-refractivity contribution in [2.45, 2.75) is 446 Å². The fourth-order valence-electron chi connectivity index (χ4n) is 12.8. The summed E-state index contributed by atoms with van der Waals surface area (Å²) in [7, 11) is -9.92. The van der Waals surface area contributed by atoms with Gasteiger partial charge >= 0.3 is 39.5 Å². The Morgan fingerprint density at radius 1 is 0.275 bits per heavy atom. The van der Waals surface area contributed by atoms with Crippen molar-refractivity contribution >= 4 is 39.5 Å². The highest BCUT2D eigenvalue weighted by Crippen LogP contribution is 2.45. The molecule has 3 N–H and O–H groups in total. The van der Waals surface area contributed by atoms with E-state index in [1.54, 1.807) is 0 Å². The van der Waals surface area contributed by atoms with Crippen LogP contribution in [-0.2, 0) is 65.4 Å². The van der Waals surface area contributed by atoms with Gasteiger partial charge in [-0.05, 0) is 49.4 Å². The zero-order valence-electron chi connectivity index (χ0n) is 67.2. The number of hydrogen-bond acceptors (Lipinski definition) is 15. The molecule has 17 nitrogen and oxygen atoms in total. The van der Waals surface area contributed by atoms with Gasteiger partial charge in [-0.3, -0.25) is 37.3 Å². The number of carbonyl (C=O) groups excluding carboxylic acids is 4. The van der Waals surface area contributed by atoms with Crippen molar-refractivity contribution in [3.8, 4) is 0 Å². The molecule has 0 spiro atoms. The molecule has 0 bridgehead atoms. The topological polar surface area (TPSA) is 237 Å². The van der Waals surface area contributed by atoms with Gasteiger partial charge in [-0.15, -0.1) is 0 Å². The van der Waals surface area contributed by atoms with E-state index in [0.717, 1.165) is 114 Å². The fraction of sp³-hybridized carbons (Fsp3) is 0.952. The Kier molecular flexibility index (Phi) is 70.6. The molecule has 19 heteroatoms. The van der Waals surface area contributed by atoms with Crippen molar-refractivity contribution in [3.05, 3.63) is 0 Å². The summed E-state index contributed by atoms with van der Waals surface area (Å²) in [6.45, 7) is 14.3. The lowest BCUT2D eigenvalue weighted by Crippen LogP contribution is -2.30. The zero-order chi connectivity index (χ0) is 75.3. The lowest BCUT2D eigenvalue weighted by Gasteiger charge is -2.21. The average molecular weight is 1490 g/mol. The molecule has 102 heavy (non-hydrogen) atoms. The molecule has 0 radical (unpaired) electrons. The van der Waals surface area contributed by atoms with Crippen molar-refractivity contribution in [1.82, 2.24) is 0 Å². The molecular weight excluding hydrogens is 1330 g/mol. The molecule has 0 aliphatic rings. The van der Waals surface area contributed by atoms with E-state index in [1.165, 1.54) is 225 Å². The molecule has 0 saturated carbocycles. The van der Waals surface area contributed by atoms with E-state index in [9.17, 15) is 43.2 Å². The van der Waals surface area contributed by atoms with E-state index in [1.807, 2.05) is 0 Å². The van der Waals surface area contributed by atoms with E-state index in [4.69, 9.17) is 37.0 Å². The highest BCUT2D eigenvalue weighted by molar-refractivity contribution is 7.47. The van der Waals surface area contributed by atoms with Gasteiger partial charge in [0.25, 0.3) is 0 Å². The minimum absolute atomic E-state index is 0.107. The predicted octanol–water partition coefficient (Wildman–Crippen LogP) is 24.8. The maximum atomic E-state index is 13.1. The second kappa shape index (κ2) is 72.0. The first-order valence-corrected chi connectivity index (χ1v) is 45.7. The molecule has 0 aromatic carbocycles. The minimum Gasteiger partial charge on any atom is -0.462 e. The zero-order valence-corrected chi connectivity index (χ0v) is 69.0. The maximum absolute atomic E-state index is 13.1. The monoisotopic (exact) mass is 1490 g/mol. The van der Waals surface area contributed by atoms with Crippen LogP contribution in [-0.4, -0.2) is 96.7 Å². The molecule has 0 aromatic rings. The number of aliphatic hydroxyl groups excluding tert-OH is 1. The molecule has 0 aromatic heterocycles. The van der Waals surface area contributed by atoms with Gasteiger partial charge in [-0.2, -0.15) is 0 Å². The Labute approximate surface area is 626 Å². The fourth-order valence-corrected chi connectivity index (χ4v) is 14.3. The van der Waals surface area contributed by atoms with Crippen LogP contribution in [0.25, 0.3) is 0 Å². The smallest absolute Gasteiger partial charge is 0.462 e. The van der Waals surface area contributed by atoms with Gasteiger partial charge in [0.1, 0.15) is 19.3 Å². The number of ether oxygens (including phenoxy) is 4. The van der Waals surface area contributed by atoms with Gasteiger partial charge < -0.3 is 33.8 Å². The number of phosphoric acid groups is 2. The molecule has 0 heterocycles. The number of rotatable bonds is 80. The largest absolute Gasteiger partial charge is 0.472 e. The number of hydrogen-bond donors (Lipinski definition) is 3. The summed E-state index contributed by atoms with van der Waals surface area (Å²) in [4.78, 5) is 73.1. The Hall–Kier alpha value is -1.94. The van der Waals surface area contributed by atoms with Crippen LogP contribution in [0.4, 0.5) is 0 Å². The van der Waals surface area contributed by atoms with Crippen molar-refractivity contribution in [2.75, 3.05) is 39.6 Å². The van der Waals surface area contributed by atoms with Gasteiger partial charge in [-0.1, -0.05) is 376 Å². The van der Waals surface area contributed by atoms with E-state index in [2.05, 4.69) is 55.4 Å². The number of carbonyl (C=O) groups is 4. The molecule has 0 rings (SSSR count). The van der Waals surface area contributed by atoms with Gasteiger partial charge in [0.2, 0.25) is 0 Å². The van der Waals surface area contributed by atoms with E-state index in [-0.39, 0.29) is 25.7 Å². The molecular formula is C83H162O17P2. The first kappa shape index (κ1) is 100. The second-order valence-corrected chi connectivity index (χ2v) is 34.4. The van der Waals surface area contributed by atoms with Crippen molar-refractivity contribution < 1.29 is 80.2 Å². The standard InChI is InChI=1S/C83H162O17P2/c1-9-76(8)62-54-46-37-31-25-19-14-15-21-28-34-40-50-58-65-82(87)99-78(69-93-80(85)63-55-47-38-32-26-22-16-18-24-30-36-44-52-60-74(4)5)71-97-101(89,90)95-67-77(84)68-96-102(91,92)98-72-79(70-94-81(86)64-56-48-42-41-45-53-61-75(6)7)100-83(88)66-57-49-39-33-27-20-13-11-10-12-17-23-29-35-43-51-59-73(2)3/h73-79,84H,9-72H2,1-8H3,(H,89,90)(H,91,92)/t76?,77?,78-,79-/m1/s1. The summed E-state index contributed by atoms with van der Waals surface area (Å²) < 4.78 is 68.8. The normalized spacial score (nSPS) is 14.3. The summed E-state index contributed by atoms with van der Waals surface area (Å²) in [5.41, 5.74) is 0. The van der Waals surface area contributed by atoms with Gasteiger partial charge in [0.05, 0.1) is 26.4 Å². The lowest BCUT2D eigenvalue weighted by atomic mass is 9.99. The van der Waals surface area contributed by atoms with Crippen molar-refractivity contribution in [3.63, 3.8) is 0 Å². The van der Waals surface area contributed by atoms with Crippen LogP contribution in [0.15, 0.2) is 0 Å². The van der Waals surface area contributed by atoms with E-state index < -0.39 is 97.5 Å². The molecule has 0 saturated heterocycles. The molecule has 6 atom stereocenters. The van der Waals surface area contributed by atoms with E-state index in [0.29, 0.717) is 31.6 Å². The third kappa shape index (κ3) is 74.9. The highest BCUT2D eigenvalue weighted by atomic mass is 31.2. The van der Waals surface area contributed by atoms with Gasteiger partial charge in [-0.25, -0.2) is 9.13 Å². The summed E-state index contributed by atoms with van der Waals surface area (Å²) in [6.07, 6.45) is 59.8. The Bertz CT molecular complexity index is 1990. The first-order valence-electron chi connectivity index (χ1n) is 42.7. The summed E-state index contributed by atoms with van der Waals surface area (Å²) in [5.74, 6) is 1.01. The number of esters is 4. The van der Waals surface area contributed by atoms with Crippen LogP contribution in [0.3, 0.4) is 0 Å². The predicted molar refractivity (Wildman–Crippen MR) is 418 cm³/mol. The second-order valence-electron chi connectivity index (χ2n) is 31.5. The number of phosphoric ester groups is 2.